The Balaban J connectivity index is 2.82. The van der Waals surface area contributed by atoms with Gasteiger partial charge in [0.25, 0.3) is 0 Å². The first-order chi connectivity index (χ1) is 10.6. The number of carbonyl (C=O) groups is 1. The van der Waals surface area contributed by atoms with Crippen molar-refractivity contribution >= 4 is 16.9 Å². The number of aromatic carboxylic acids is 1. The van der Waals surface area contributed by atoms with E-state index in [9.17, 15) is 9.90 Å². The van der Waals surface area contributed by atoms with E-state index in [1.165, 1.54) is 21.3 Å². The van der Waals surface area contributed by atoms with E-state index in [0.717, 1.165) is 18.2 Å². The zero-order valence-corrected chi connectivity index (χ0v) is 13.3. The lowest BCUT2D eigenvalue weighted by atomic mass is 10.2. The Labute approximate surface area is 129 Å². The largest absolute Gasteiger partial charge is 0.493 e. The van der Waals surface area contributed by atoms with Crippen molar-refractivity contribution in [2.75, 3.05) is 21.3 Å². The van der Waals surface area contributed by atoms with Crippen LogP contribution >= 0.6 is 0 Å². The van der Waals surface area contributed by atoms with Crippen LogP contribution in [0, 0.1) is 0 Å². The Morgan fingerprint density at radius 1 is 1.14 bits per heavy atom. The van der Waals surface area contributed by atoms with Gasteiger partial charge in [-0.15, -0.1) is 0 Å². The lowest BCUT2D eigenvalue weighted by molar-refractivity contribution is 0.0685. The Hall–Kier alpha value is -2.37. The van der Waals surface area contributed by atoms with Gasteiger partial charge >= 0.3 is 5.97 Å². The molecule has 0 radical (unpaired) electrons. The van der Waals surface area contributed by atoms with Gasteiger partial charge in [0.2, 0.25) is 5.75 Å². The highest BCUT2D eigenvalue weighted by Gasteiger charge is 2.23. The molecule has 0 unspecified atom stereocenters. The second-order valence-corrected chi connectivity index (χ2v) is 4.92. The lowest BCUT2D eigenvalue weighted by Gasteiger charge is -2.15. The normalized spacial score (nSPS) is 10.7. The first kappa shape index (κ1) is 16.0. The fourth-order valence-corrected chi connectivity index (χ4v) is 2.62. The molecule has 0 atom stereocenters. The average molecular weight is 307 g/mol. The van der Waals surface area contributed by atoms with Gasteiger partial charge in [0, 0.05) is 11.9 Å². The fraction of sp³-hybridized carbons (Fsp3) is 0.438. The van der Waals surface area contributed by atoms with Crippen LogP contribution in [0.5, 0.6) is 17.2 Å². The van der Waals surface area contributed by atoms with Crippen LogP contribution in [-0.2, 0) is 6.54 Å². The minimum absolute atomic E-state index is 0.233. The lowest BCUT2D eigenvalue weighted by Crippen LogP contribution is -2.09. The number of aromatic nitrogens is 1. The summed E-state index contributed by atoms with van der Waals surface area (Å²) in [7, 11) is 4.60. The molecule has 22 heavy (non-hydrogen) atoms. The smallest absolute Gasteiger partial charge is 0.352 e. The summed E-state index contributed by atoms with van der Waals surface area (Å²) in [4.78, 5) is 11.5. The van der Waals surface area contributed by atoms with Crippen LogP contribution in [0.4, 0.5) is 0 Å². The van der Waals surface area contributed by atoms with Crippen molar-refractivity contribution in [3.05, 3.63) is 17.8 Å². The van der Waals surface area contributed by atoms with Gasteiger partial charge in [-0.3, -0.25) is 0 Å². The van der Waals surface area contributed by atoms with Gasteiger partial charge in [-0.1, -0.05) is 13.3 Å². The summed E-state index contributed by atoms with van der Waals surface area (Å²) in [6.07, 6.45) is 1.84. The molecule has 1 aromatic heterocycles. The maximum atomic E-state index is 11.5. The van der Waals surface area contributed by atoms with Gasteiger partial charge in [-0.25, -0.2) is 4.79 Å². The van der Waals surface area contributed by atoms with Crippen LogP contribution < -0.4 is 14.2 Å². The molecule has 0 aliphatic heterocycles. The van der Waals surface area contributed by atoms with Crippen molar-refractivity contribution in [1.82, 2.24) is 4.57 Å². The number of nitrogens with zero attached hydrogens (tertiary/aromatic N) is 1. The highest BCUT2D eigenvalue weighted by atomic mass is 16.5. The minimum Gasteiger partial charge on any atom is -0.493 e. The van der Waals surface area contributed by atoms with Gasteiger partial charge in [0.1, 0.15) is 5.69 Å². The van der Waals surface area contributed by atoms with E-state index in [-0.39, 0.29) is 5.69 Å². The number of methoxy groups -OCH3 is 3. The van der Waals surface area contributed by atoms with E-state index < -0.39 is 5.97 Å². The molecule has 1 N–H and O–H groups in total. The van der Waals surface area contributed by atoms with E-state index >= 15 is 0 Å². The van der Waals surface area contributed by atoms with Gasteiger partial charge in [-0.2, -0.15) is 0 Å². The van der Waals surface area contributed by atoms with Crippen molar-refractivity contribution in [3.63, 3.8) is 0 Å². The summed E-state index contributed by atoms with van der Waals surface area (Å²) in [5.41, 5.74) is 0.947. The number of fused-ring (bicyclic) bond motifs is 1. The van der Waals surface area contributed by atoms with Gasteiger partial charge < -0.3 is 23.9 Å². The Morgan fingerprint density at radius 2 is 1.82 bits per heavy atom. The average Bonchev–Trinajstić information content (AvgIpc) is 2.89. The maximum absolute atomic E-state index is 11.5. The van der Waals surface area contributed by atoms with Gasteiger partial charge in [0.15, 0.2) is 11.5 Å². The summed E-state index contributed by atoms with van der Waals surface area (Å²) in [6.45, 7) is 2.67. The summed E-state index contributed by atoms with van der Waals surface area (Å²) in [5.74, 6) is 0.495. The van der Waals surface area contributed by atoms with E-state index in [0.29, 0.717) is 29.3 Å². The van der Waals surface area contributed by atoms with E-state index in [1.807, 2.05) is 0 Å². The summed E-state index contributed by atoms with van der Waals surface area (Å²) >= 11 is 0. The van der Waals surface area contributed by atoms with E-state index in [1.54, 1.807) is 16.7 Å². The molecule has 2 rings (SSSR count). The third kappa shape index (κ3) is 2.56. The quantitative estimate of drug-likeness (QED) is 0.851. The molecular formula is C16H21NO5. The van der Waals surface area contributed by atoms with Crippen molar-refractivity contribution < 1.29 is 24.1 Å². The molecule has 2 aromatic rings. The van der Waals surface area contributed by atoms with Crippen LogP contribution in [0.2, 0.25) is 0 Å². The molecule has 0 amide bonds. The molecule has 0 aliphatic carbocycles. The first-order valence-corrected chi connectivity index (χ1v) is 7.14. The standard InChI is InChI=1S/C16H21NO5/c1-5-6-7-17-11(16(18)19)8-10-9-12(20-2)14(21-3)15(22-4)13(10)17/h8-9H,5-7H2,1-4H3,(H,18,19). The first-order valence-electron chi connectivity index (χ1n) is 7.14. The van der Waals surface area contributed by atoms with Crippen LogP contribution in [0.1, 0.15) is 30.3 Å². The van der Waals surface area contributed by atoms with E-state index in [2.05, 4.69) is 6.92 Å². The third-order valence-corrected chi connectivity index (χ3v) is 3.64. The topological polar surface area (TPSA) is 69.9 Å². The highest BCUT2D eigenvalue weighted by Crippen LogP contribution is 2.44. The second kappa shape index (κ2) is 6.60. The molecule has 0 fully saturated rings. The minimum atomic E-state index is -0.965. The number of aryl methyl sites for hydroxylation is 1. The molecule has 0 bridgehead atoms. The third-order valence-electron chi connectivity index (χ3n) is 3.64. The molecule has 1 aromatic carbocycles. The van der Waals surface area contributed by atoms with Gasteiger partial charge in [0.05, 0.1) is 26.8 Å². The molecule has 0 spiro atoms. The number of benzene rings is 1. The number of ether oxygens (including phenoxy) is 3. The Morgan fingerprint density at radius 3 is 2.32 bits per heavy atom. The number of carboxylic acid groups (broad SMARTS) is 1. The molecule has 1 heterocycles. The molecular weight excluding hydrogens is 286 g/mol. The maximum Gasteiger partial charge on any atom is 0.352 e. The molecule has 6 heteroatoms. The number of rotatable bonds is 7. The second-order valence-electron chi connectivity index (χ2n) is 4.92. The Kier molecular flexibility index (Phi) is 4.80. The summed E-state index contributed by atoms with van der Waals surface area (Å²) in [6, 6.07) is 3.41. The van der Waals surface area contributed by atoms with Crippen LogP contribution in [0.15, 0.2) is 12.1 Å². The highest BCUT2D eigenvalue weighted by molar-refractivity contribution is 5.99. The molecule has 0 saturated carbocycles. The molecule has 6 nitrogen and oxygen atoms in total. The predicted octanol–water partition coefficient (Wildman–Crippen LogP) is 3.17. The number of hydrogen-bond acceptors (Lipinski definition) is 4. The molecule has 120 valence electrons. The summed E-state index contributed by atoms with van der Waals surface area (Å²) < 4.78 is 18.0. The fourth-order valence-electron chi connectivity index (χ4n) is 2.62. The number of hydrogen-bond donors (Lipinski definition) is 1. The molecule has 0 saturated heterocycles. The van der Waals surface area contributed by atoms with Crippen molar-refractivity contribution in [2.45, 2.75) is 26.3 Å². The van der Waals surface area contributed by atoms with Crippen LogP contribution in [-0.4, -0.2) is 37.0 Å². The predicted molar refractivity (Wildman–Crippen MR) is 83.5 cm³/mol. The SMILES string of the molecule is CCCCn1c(C(=O)O)cc2cc(OC)c(OC)c(OC)c21. The van der Waals surface area contributed by atoms with Gasteiger partial charge in [-0.05, 0) is 18.6 Å². The number of unbranched alkanes of at least 4 members (excludes halogenated alkanes) is 1. The van der Waals surface area contributed by atoms with Crippen molar-refractivity contribution in [3.8, 4) is 17.2 Å². The number of carboxylic acids is 1. The Bertz CT molecular complexity index is 690. The monoisotopic (exact) mass is 307 g/mol. The zero-order valence-electron chi connectivity index (χ0n) is 13.3. The van der Waals surface area contributed by atoms with Crippen molar-refractivity contribution in [2.24, 2.45) is 0 Å². The van der Waals surface area contributed by atoms with Crippen LogP contribution in [0.3, 0.4) is 0 Å². The summed E-state index contributed by atoms with van der Waals surface area (Å²) in [5, 5.41) is 10.2. The van der Waals surface area contributed by atoms with Crippen LogP contribution in [0.25, 0.3) is 10.9 Å². The van der Waals surface area contributed by atoms with E-state index in [4.69, 9.17) is 14.2 Å². The zero-order chi connectivity index (χ0) is 16.3. The molecule has 0 aliphatic rings. The van der Waals surface area contributed by atoms with Crippen molar-refractivity contribution in [1.29, 1.82) is 0 Å².